The molecule has 3 aromatic rings. The number of benzene rings is 2. The lowest BCUT2D eigenvalue weighted by Crippen LogP contribution is -2.22. The van der Waals surface area contributed by atoms with Crippen molar-refractivity contribution in [3.8, 4) is 5.75 Å². The summed E-state index contributed by atoms with van der Waals surface area (Å²) in [5, 5.41) is 4.58. The molecule has 1 aromatic heterocycles. The van der Waals surface area contributed by atoms with Gasteiger partial charge in [0.2, 0.25) is 0 Å². The molecule has 1 aliphatic heterocycles. The molecule has 1 aliphatic rings. The molecule has 4 rings (SSSR count). The van der Waals surface area contributed by atoms with Gasteiger partial charge in [-0.2, -0.15) is 0 Å². The Morgan fingerprint density at radius 1 is 1.13 bits per heavy atom. The van der Waals surface area contributed by atoms with Crippen LogP contribution in [0.3, 0.4) is 0 Å². The van der Waals surface area contributed by atoms with E-state index in [1.807, 2.05) is 6.07 Å². The third-order valence-electron chi connectivity index (χ3n) is 3.94. The van der Waals surface area contributed by atoms with Crippen molar-refractivity contribution < 1.29 is 9.15 Å². The fourth-order valence-electron chi connectivity index (χ4n) is 2.89. The molecule has 23 heavy (non-hydrogen) atoms. The van der Waals surface area contributed by atoms with Crippen molar-refractivity contribution in [2.45, 2.75) is 22.8 Å². The van der Waals surface area contributed by atoms with Crippen molar-refractivity contribution in [1.29, 1.82) is 0 Å². The van der Waals surface area contributed by atoms with Crippen LogP contribution in [0.15, 0.2) is 56.7 Å². The van der Waals surface area contributed by atoms with E-state index in [4.69, 9.17) is 9.15 Å². The number of rotatable bonds is 3. The van der Waals surface area contributed by atoms with E-state index in [0.717, 1.165) is 36.6 Å². The van der Waals surface area contributed by atoms with Gasteiger partial charge in [0.15, 0.2) is 11.3 Å². The maximum atomic E-state index is 6.04. The van der Waals surface area contributed by atoms with Gasteiger partial charge in [-0.25, -0.2) is 0 Å². The molecule has 0 bridgehead atoms. The van der Waals surface area contributed by atoms with Gasteiger partial charge in [-0.15, -0.1) is 12.4 Å². The average molecular weight is 348 g/mol. The monoisotopic (exact) mass is 347 g/mol. The third-order valence-corrected chi connectivity index (χ3v) is 4.92. The second-order valence-corrected chi connectivity index (χ2v) is 6.49. The zero-order chi connectivity index (χ0) is 14.9. The number of furan rings is 1. The zero-order valence-electron chi connectivity index (χ0n) is 12.8. The van der Waals surface area contributed by atoms with Gasteiger partial charge >= 0.3 is 0 Å². The Bertz CT molecular complexity index is 817. The smallest absolute Gasteiger partial charge is 0.176 e. The number of methoxy groups -OCH3 is 1. The van der Waals surface area contributed by atoms with Crippen LogP contribution in [-0.2, 0) is 13.0 Å². The second kappa shape index (κ2) is 6.87. The lowest BCUT2D eigenvalue weighted by molar-refractivity contribution is 0.405. The van der Waals surface area contributed by atoms with Crippen molar-refractivity contribution in [1.82, 2.24) is 5.32 Å². The number of nitrogens with one attached hydrogen (secondary N) is 1. The van der Waals surface area contributed by atoms with Crippen LogP contribution in [0.1, 0.15) is 11.3 Å². The summed E-state index contributed by atoms with van der Waals surface area (Å²) in [4.78, 5) is 2.39. The maximum Gasteiger partial charge on any atom is 0.176 e. The Morgan fingerprint density at radius 2 is 1.96 bits per heavy atom. The Kier molecular flexibility index (Phi) is 4.85. The number of hydrogen-bond acceptors (Lipinski definition) is 4. The molecule has 5 heteroatoms. The Hall–Kier alpha value is -1.62. The highest BCUT2D eigenvalue weighted by Gasteiger charge is 2.20. The molecule has 0 unspecified atom stereocenters. The van der Waals surface area contributed by atoms with Crippen molar-refractivity contribution in [2.24, 2.45) is 0 Å². The van der Waals surface area contributed by atoms with E-state index in [-0.39, 0.29) is 12.4 Å². The molecule has 0 amide bonds. The summed E-state index contributed by atoms with van der Waals surface area (Å²) in [6.07, 6.45) is 0.939. The molecule has 0 aliphatic carbocycles. The van der Waals surface area contributed by atoms with Crippen molar-refractivity contribution in [3.63, 3.8) is 0 Å². The normalized spacial score (nSPS) is 13.4. The number of ether oxygens (including phenoxy) is 1. The summed E-state index contributed by atoms with van der Waals surface area (Å²) in [5.74, 6) is 1.90. The molecular formula is C18H18ClNO2S. The first kappa shape index (κ1) is 16.2. The first-order valence-corrected chi connectivity index (χ1v) is 8.22. The Morgan fingerprint density at radius 3 is 2.74 bits per heavy atom. The van der Waals surface area contributed by atoms with Crippen LogP contribution in [0.25, 0.3) is 11.0 Å². The third kappa shape index (κ3) is 3.07. The predicted molar refractivity (Wildman–Crippen MR) is 96.0 cm³/mol. The largest absolute Gasteiger partial charge is 0.493 e. The van der Waals surface area contributed by atoms with Gasteiger partial charge in [-0.05, 0) is 24.3 Å². The lowest BCUT2D eigenvalue weighted by Gasteiger charge is -2.11. The Balaban J connectivity index is 0.00000156. The molecule has 1 N–H and O–H groups in total. The standard InChI is InChI=1S/C18H17NO2S.ClH/c1-20-17-10-13(22-12-5-3-2-4-6-12)9-14-15-11-19-8-7-16(15)21-18(14)17;/h2-6,9-10,19H,7-8,11H2,1H3;1H. The Labute approximate surface area is 145 Å². The van der Waals surface area contributed by atoms with Crippen LogP contribution >= 0.6 is 24.2 Å². The quantitative estimate of drug-likeness (QED) is 0.747. The first-order chi connectivity index (χ1) is 10.8. The van der Waals surface area contributed by atoms with Crippen molar-refractivity contribution >= 4 is 35.1 Å². The number of fused-ring (bicyclic) bond motifs is 3. The minimum atomic E-state index is 0. The summed E-state index contributed by atoms with van der Waals surface area (Å²) in [6, 6.07) is 14.7. The number of hydrogen-bond donors (Lipinski definition) is 1. The minimum absolute atomic E-state index is 0. The molecule has 0 radical (unpaired) electrons. The van der Waals surface area contributed by atoms with Gasteiger partial charge in [0.25, 0.3) is 0 Å². The van der Waals surface area contributed by atoms with Gasteiger partial charge in [0, 0.05) is 40.3 Å². The summed E-state index contributed by atoms with van der Waals surface area (Å²) in [7, 11) is 1.70. The highest BCUT2D eigenvalue weighted by Crippen LogP contribution is 2.39. The van der Waals surface area contributed by atoms with E-state index in [2.05, 4.69) is 41.7 Å². The molecule has 0 atom stereocenters. The average Bonchev–Trinajstić information content (AvgIpc) is 2.94. The molecule has 0 spiro atoms. The van der Waals surface area contributed by atoms with Crippen LogP contribution < -0.4 is 10.1 Å². The van der Waals surface area contributed by atoms with E-state index < -0.39 is 0 Å². The predicted octanol–water partition coefficient (Wildman–Crippen LogP) is 4.66. The van der Waals surface area contributed by atoms with E-state index in [1.54, 1.807) is 18.9 Å². The molecule has 0 saturated carbocycles. The molecule has 3 nitrogen and oxygen atoms in total. The van der Waals surface area contributed by atoms with Crippen molar-refractivity contribution in [2.75, 3.05) is 13.7 Å². The fourth-order valence-corrected chi connectivity index (χ4v) is 3.80. The molecular weight excluding hydrogens is 330 g/mol. The van der Waals surface area contributed by atoms with E-state index in [0.29, 0.717) is 0 Å². The first-order valence-electron chi connectivity index (χ1n) is 7.41. The van der Waals surface area contributed by atoms with E-state index in [9.17, 15) is 0 Å². The second-order valence-electron chi connectivity index (χ2n) is 5.35. The SMILES string of the molecule is COc1cc(Sc2ccccc2)cc2c3c(oc12)CCNC3.Cl. The summed E-state index contributed by atoms with van der Waals surface area (Å²) >= 11 is 1.74. The highest BCUT2D eigenvalue weighted by molar-refractivity contribution is 7.99. The van der Waals surface area contributed by atoms with E-state index >= 15 is 0 Å². The maximum absolute atomic E-state index is 6.04. The van der Waals surface area contributed by atoms with Crippen LogP contribution in [0.4, 0.5) is 0 Å². The topological polar surface area (TPSA) is 34.4 Å². The van der Waals surface area contributed by atoms with Gasteiger partial charge in [-0.3, -0.25) is 0 Å². The van der Waals surface area contributed by atoms with Gasteiger partial charge in [-0.1, -0.05) is 30.0 Å². The fraction of sp³-hybridized carbons (Fsp3) is 0.222. The summed E-state index contributed by atoms with van der Waals surface area (Å²) in [5.41, 5.74) is 2.14. The van der Waals surface area contributed by atoms with Crippen LogP contribution in [0.5, 0.6) is 5.75 Å². The van der Waals surface area contributed by atoms with Gasteiger partial charge < -0.3 is 14.5 Å². The lowest BCUT2D eigenvalue weighted by atomic mass is 10.1. The molecule has 2 aromatic carbocycles. The van der Waals surface area contributed by atoms with Crippen LogP contribution in [0.2, 0.25) is 0 Å². The summed E-state index contributed by atoms with van der Waals surface area (Å²) in [6.45, 7) is 1.84. The molecule has 0 saturated heterocycles. The number of halogens is 1. The van der Waals surface area contributed by atoms with Gasteiger partial charge in [0.1, 0.15) is 5.76 Å². The van der Waals surface area contributed by atoms with Gasteiger partial charge in [0.05, 0.1) is 7.11 Å². The van der Waals surface area contributed by atoms with Crippen molar-refractivity contribution in [3.05, 3.63) is 53.8 Å². The zero-order valence-corrected chi connectivity index (χ0v) is 14.4. The summed E-state index contributed by atoms with van der Waals surface area (Å²) < 4.78 is 11.6. The van der Waals surface area contributed by atoms with Crippen LogP contribution in [-0.4, -0.2) is 13.7 Å². The molecule has 120 valence electrons. The molecule has 0 fully saturated rings. The highest BCUT2D eigenvalue weighted by atomic mass is 35.5. The molecule has 2 heterocycles. The minimum Gasteiger partial charge on any atom is -0.493 e. The van der Waals surface area contributed by atoms with Crippen LogP contribution in [0, 0.1) is 0 Å². The van der Waals surface area contributed by atoms with E-state index in [1.165, 1.54) is 20.7 Å².